The molecule has 2 heterocycles. The lowest BCUT2D eigenvalue weighted by molar-refractivity contribution is 0.0982. The van der Waals surface area contributed by atoms with Gasteiger partial charge in [0.05, 0.1) is 22.7 Å². The SMILES string of the molecule is O=C(Cc1ccco1)c1ncc(Cl)cc1Cl. The van der Waals surface area contributed by atoms with Crippen molar-refractivity contribution in [2.75, 3.05) is 0 Å². The molecular weight excluding hydrogens is 249 g/mol. The molecule has 0 aliphatic carbocycles. The first-order chi connectivity index (χ1) is 7.66. The Bertz CT molecular complexity index is 509. The number of aromatic nitrogens is 1. The van der Waals surface area contributed by atoms with E-state index in [1.165, 1.54) is 18.5 Å². The summed E-state index contributed by atoms with van der Waals surface area (Å²) < 4.78 is 5.07. The Balaban J connectivity index is 2.21. The van der Waals surface area contributed by atoms with Crippen molar-refractivity contribution in [3.8, 4) is 0 Å². The van der Waals surface area contributed by atoms with Crippen LogP contribution in [0.2, 0.25) is 10.0 Å². The molecule has 2 aromatic rings. The Morgan fingerprint density at radius 3 is 2.88 bits per heavy atom. The van der Waals surface area contributed by atoms with Crippen molar-refractivity contribution in [3.05, 3.63) is 52.2 Å². The maximum atomic E-state index is 11.8. The molecule has 0 amide bonds. The maximum Gasteiger partial charge on any atom is 0.190 e. The highest BCUT2D eigenvalue weighted by Crippen LogP contribution is 2.20. The number of hydrogen-bond donors (Lipinski definition) is 0. The van der Waals surface area contributed by atoms with E-state index in [-0.39, 0.29) is 22.9 Å². The Kier molecular flexibility index (Phi) is 3.27. The van der Waals surface area contributed by atoms with Crippen LogP contribution >= 0.6 is 23.2 Å². The summed E-state index contributed by atoms with van der Waals surface area (Å²) >= 11 is 11.6. The van der Waals surface area contributed by atoms with Crippen molar-refractivity contribution in [2.24, 2.45) is 0 Å². The van der Waals surface area contributed by atoms with Gasteiger partial charge in [-0.25, -0.2) is 4.98 Å². The zero-order valence-corrected chi connectivity index (χ0v) is 9.63. The zero-order valence-electron chi connectivity index (χ0n) is 8.11. The number of carbonyl (C=O) groups is 1. The first kappa shape index (κ1) is 11.2. The van der Waals surface area contributed by atoms with E-state index in [4.69, 9.17) is 27.6 Å². The molecule has 0 saturated heterocycles. The van der Waals surface area contributed by atoms with Crippen LogP contribution in [0, 0.1) is 0 Å². The van der Waals surface area contributed by atoms with Crippen molar-refractivity contribution < 1.29 is 9.21 Å². The van der Waals surface area contributed by atoms with Crippen LogP contribution in [0.15, 0.2) is 35.1 Å². The van der Waals surface area contributed by atoms with Gasteiger partial charge in [-0.2, -0.15) is 0 Å². The third-order valence-corrected chi connectivity index (χ3v) is 2.48. The number of nitrogens with zero attached hydrogens (tertiary/aromatic N) is 1. The van der Waals surface area contributed by atoms with Crippen LogP contribution < -0.4 is 0 Å². The number of ketones is 1. The summed E-state index contributed by atoms with van der Waals surface area (Å²) in [6, 6.07) is 4.94. The number of halogens is 2. The average Bonchev–Trinajstić information content (AvgIpc) is 2.70. The molecule has 2 rings (SSSR count). The fraction of sp³-hybridized carbons (Fsp3) is 0.0909. The predicted octanol–water partition coefficient (Wildman–Crippen LogP) is 3.41. The van der Waals surface area contributed by atoms with Gasteiger partial charge in [-0.3, -0.25) is 4.79 Å². The van der Waals surface area contributed by atoms with Crippen LogP contribution in [0.25, 0.3) is 0 Å². The Morgan fingerprint density at radius 2 is 2.25 bits per heavy atom. The average molecular weight is 256 g/mol. The minimum absolute atomic E-state index is 0.140. The highest BCUT2D eigenvalue weighted by molar-refractivity contribution is 6.36. The van der Waals surface area contributed by atoms with Crippen LogP contribution in [0.1, 0.15) is 16.2 Å². The third-order valence-electron chi connectivity index (χ3n) is 1.99. The summed E-state index contributed by atoms with van der Waals surface area (Å²) in [6.45, 7) is 0. The van der Waals surface area contributed by atoms with Gasteiger partial charge in [-0.1, -0.05) is 23.2 Å². The Labute approximate surface area is 102 Å². The van der Waals surface area contributed by atoms with E-state index in [9.17, 15) is 4.79 Å². The molecule has 0 aromatic carbocycles. The minimum atomic E-state index is -0.198. The van der Waals surface area contributed by atoms with Crippen LogP contribution in [0.4, 0.5) is 0 Å². The molecule has 0 aliphatic heterocycles. The molecule has 0 atom stereocenters. The molecule has 0 N–H and O–H groups in total. The Hall–Kier alpha value is -1.32. The van der Waals surface area contributed by atoms with Gasteiger partial charge in [0.1, 0.15) is 11.5 Å². The van der Waals surface area contributed by atoms with Gasteiger partial charge in [0.2, 0.25) is 0 Å². The second kappa shape index (κ2) is 4.68. The lowest BCUT2D eigenvalue weighted by Gasteiger charge is -2.01. The third kappa shape index (κ3) is 2.43. The van der Waals surface area contributed by atoms with E-state index >= 15 is 0 Å². The fourth-order valence-electron chi connectivity index (χ4n) is 1.27. The standard InChI is InChI=1S/C11H7Cl2NO2/c12-7-4-9(13)11(14-6-7)10(15)5-8-2-1-3-16-8/h1-4,6H,5H2. The molecule has 0 fully saturated rings. The predicted molar refractivity (Wildman–Crippen MR) is 61.0 cm³/mol. The van der Waals surface area contributed by atoms with Crippen LogP contribution in [-0.2, 0) is 6.42 Å². The summed E-state index contributed by atoms with van der Waals surface area (Å²) in [7, 11) is 0. The van der Waals surface area contributed by atoms with E-state index in [0.717, 1.165) is 0 Å². The molecule has 82 valence electrons. The van der Waals surface area contributed by atoms with E-state index in [0.29, 0.717) is 10.8 Å². The fourth-order valence-corrected chi connectivity index (χ4v) is 1.76. The number of carbonyl (C=O) groups excluding carboxylic acids is 1. The number of Topliss-reactive ketones (excluding diaryl/α,β-unsaturated/α-hetero) is 1. The molecule has 0 saturated carbocycles. The molecule has 0 spiro atoms. The quantitative estimate of drug-likeness (QED) is 0.790. The maximum absolute atomic E-state index is 11.8. The summed E-state index contributed by atoms with van der Waals surface area (Å²) in [5, 5.41) is 0.656. The monoisotopic (exact) mass is 255 g/mol. The van der Waals surface area contributed by atoms with Gasteiger partial charge in [0.15, 0.2) is 5.78 Å². The highest BCUT2D eigenvalue weighted by atomic mass is 35.5. The van der Waals surface area contributed by atoms with Gasteiger partial charge in [0, 0.05) is 6.20 Å². The van der Waals surface area contributed by atoms with Crippen molar-refractivity contribution >= 4 is 29.0 Å². The smallest absolute Gasteiger partial charge is 0.190 e. The van der Waals surface area contributed by atoms with E-state index in [1.54, 1.807) is 12.1 Å². The zero-order chi connectivity index (χ0) is 11.5. The number of rotatable bonds is 3. The molecule has 5 heteroatoms. The lowest BCUT2D eigenvalue weighted by Crippen LogP contribution is -2.06. The summed E-state index contributed by atoms with van der Waals surface area (Å²) in [6.07, 6.45) is 3.05. The molecule has 2 aromatic heterocycles. The topological polar surface area (TPSA) is 43.1 Å². The molecule has 0 aliphatic rings. The molecular formula is C11H7Cl2NO2. The summed E-state index contributed by atoms with van der Waals surface area (Å²) in [4.78, 5) is 15.7. The molecule has 0 unspecified atom stereocenters. The van der Waals surface area contributed by atoms with Gasteiger partial charge < -0.3 is 4.42 Å². The lowest BCUT2D eigenvalue weighted by atomic mass is 10.1. The van der Waals surface area contributed by atoms with Gasteiger partial charge in [0.25, 0.3) is 0 Å². The molecule has 0 bridgehead atoms. The van der Waals surface area contributed by atoms with Crippen molar-refractivity contribution in [3.63, 3.8) is 0 Å². The number of furan rings is 1. The summed E-state index contributed by atoms with van der Waals surface area (Å²) in [5.74, 6) is 0.384. The van der Waals surface area contributed by atoms with E-state index < -0.39 is 0 Å². The first-order valence-corrected chi connectivity index (χ1v) is 5.29. The van der Waals surface area contributed by atoms with E-state index in [2.05, 4.69) is 4.98 Å². The normalized spacial score (nSPS) is 10.4. The van der Waals surface area contributed by atoms with Gasteiger partial charge >= 0.3 is 0 Å². The van der Waals surface area contributed by atoms with Crippen LogP contribution in [0.3, 0.4) is 0 Å². The first-order valence-electron chi connectivity index (χ1n) is 4.53. The van der Waals surface area contributed by atoms with Gasteiger partial charge in [-0.15, -0.1) is 0 Å². The van der Waals surface area contributed by atoms with Crippen LogP contribution in [0.5, 0.6) is 0 Å². The minimum Gasteiger partial charge on any atom is -0.469 e. The van der Waals surface area contributed by atoms with Crippen molar-refractivity contribution in [1.82, 2.24) is 4.98 Å². The molecule has 0 radical (unpaired) electrons. The molecule has 3 nitrogen and oxygen atoms in total. The van der Waals surface area contributed by atoms with Crippen molar-refractivity contribution in [1.29, 1.82) is 0 Å². The number of pyridine rings is 1. The van der Waals surface area contributed by atoms with E-state index in [1.807, 2.05) is 0 Å². The second-order valence-electron chi connectivity index (χ2n) is 3.16. The molecule has 16 heavy (non-hydrogen) atoms. The second-order valence-corrected chi connectivity index (χ2v) is 4.01. The summed E-state index contributed by atoms with van der Waals surface area (Å²) in [5.41, 5.74) is 0.211. The van der Waals surface area contributed by atoms with Gasteiger partial charge in [-0.05, 0) is 18.2 Å². The highest BCUT2D eigenvalue weighted by Gasteiger charge is 2.14. The largest absolute Gasteiger partial charge is 0.469 e. The van der Waals surface area contributed by atoms with Crippen molar-refractivity contribution in [2.45, 2.75) is 6.42 Å². The number of hydrogen-bond acceptors (Lipinski definition) is 3. The van der Waals surface area contributed by atoms with Crippen LogP contribution in [-0.4, -0.2) is 10.8 Å². The Morgan fingerprint density at radius 1 is 1.44 bits per heavy atom.